The smallest absolute Gasteiger partial charge is 0.254 e. The number of benzene rings is 1. The summed E-state index contributed by atoms with van der Waals surface area (Å²) < 4.78 is 0. The van der Waals surface area contributed by atoms with Crippen LogP contribution in [0.5, 0.6) is 0 Å². The molecule has 3 fully saturated rings. The third-order valence-electron chi connectivity index (χ3n) is 5.51. The van der Waals surface area contributed by atoms with Crippen molar-refractivity contribution in [2.45, 2.75) is 39.3 Å². The van der Waals surface area contributed by atoms with Gasteiger partial charge in [0, 0.05) is 30.1 Å². The predicted molar refractivity (Wildman–Crippen MR) is 101 cm³/mol. The lowest BCUT2D eigenvalue weighted by molar-refractivity contribution is -0.140. The third-order valence-corrected chi connectivity index (χ3v) is 6.14. The van der Waals surface area contributed by atoms with Gasteiger partial charge >= 0.3 is 0 Å². The Kier molecular flexibility index (Phi) is 4.53. The van der Waals surface area contributed by atoms with Gasteiger partial charge in [-0.15, -0.1) is 11.3 Å². The molecule has 2 bridgehead atoms. The Balaban J connectivity index is 1.57. The Bertz CT molecular complexity index is 834. The highest BCUT2D eigenvalue weighted by Gasteiger charge is 2.42. The van der Waals surface area contributed by atoms with Crippen LogP contribution in [0.4, 0.5) is 0 Å². The molecule has 26 heavy (non-hydrogen) atoms. The molecule has 0 N–H and O–H groups in total. The van der Waals surface area contributed by atoms with Crippen LogP contribution in [0.15, 0.2) is 29.1 Å². The summed E-state index contributed by atoms with van der Waals surface area (Å²) >= 11 is 1.55. The molecule has 3 saturated heterocycles. The Morgan fingerprint density at radius 1 is 1.27 bits per heavy atom. The monoisotopic (exact) mass is 369 g/mol. The molecular weight excluding hydrogens is 346 g/mol. The van der Waals surface area contributed by atoms with E-state index >= 15 is 0 Å². The van der Waals surface area contributed by atoms with Crippen LogP contribution in [-0.2, 0) is 11.3 Å². The SMILES string of the molecule is Cc1ccc(C(=O)N2C[C@@H]3CC[C@H](C2)N(Cc2cscn2)C3=O)c(C)c1. The van der Waals surface area contributed by atoms with Crippen LogP contribution in [-0.4, -0.2) is 45.7 Å². The number of aryl methyl sites for hydroxylation is 2. The van der Waals surface area contributed by atoms with Crippen LogP contribution in [0.2, 0.25) is 0 Å². The number of carbonyl (C=O) groups is 2. The minimum Gasteiger partial charge on any atom is -0.336 e. The van der Waals surface area contributed by atoms with Gasteiger partial charge in [0.2, 0.25) is 5.91 Å². The van der Waals surface area contributed by atoms with Crippen molar-refractivity contribution in [1.82, 2.24) is 14.8 Å². The zero-order valence-electron chi connectivity index (χ0n) is 15.1. The first kappa shape index (κ1) is 17.2. The lowest BCUT2D eigenvalue weighted by atomic mass is 9.94. The highest BCUT2D eigenvalue weighted by molar-refractivity contribution is 7.07. The summed E-state index contributed by atoms with van der Waals surface area (Å²) in [7, 11) is 0. The fourth-order valence-electron chi connectivity index (χ4n) is 4.13. The van der Waals surface area contributed by atoms with E-state index in [0.717, 1.165) is 35.2 Å². The normalized spacial score (nSPS) is 22.6. The second kappa shape index (κ2) is 6.83. The number of carbonyl (C=O) groups excluding carboxylic acids is 2. The zero-order valence-corrected chi connectivity index (χ0v) is 16.0. The fraction of sp³-hybridized carbons (Fsp3) is 0.450. The maximum absolute atomic E-state index is 13.1. The Labute approximate surface area is 157 Å². The maximum atomic E-state index is 13.1. The van der Waals surface area contributed by atoms with Gasteiger partial charge in [-0.1, -0.05) is 17.7 Å². The third kappa shape index (κ3) is 3.14. The summed E-state index contributed by atoms with van der Waals surface area (Å²) in [5.41, 5.74) is 5.63. The fourth-order valence-corrected chi connectivity index (χ4v) is 4.68. The van der Waals surface area contributed by atoms with Gasteiger partial charge in [-0.2, -0.15) is 0 Å². The van der Waals surface area contributed by atoms with Crippen molar-refractivity contribution in [3.05, 3.63) is 51.5 Å². The number of hydrogen-bond acceptors (Lipinski definition) is 4. The molecule has 5 rings (SSSR count). The molecule has 2 amide bonds. The maximum Gasteiger partial charge on any atom is 0.254 e. The molecular formula is C20H23N3O2S. The first-order valence-electron chi connectivity index (χ1n) is 9.07. The van der Waals surface area contributed by atoms with Crippen molar-refractivity contribution in [3.63, 3.8) is 0 Å². The van der Waals surface area contributed by atoms with Crippen molar-refractivity contribution < 1.29 is 9.59 Å². The van der Waals surface area contributed by atoms with Gasteiger partial charge in [0.05, 0.1) is 23.7 Å². The van der Waals surface area contributed by atoms with Crippen molar-refractivity contribution >= 4 is 23.2 Å². The summed E-state index contributed by atoms with van der Waals surface area (Å²) in [4.78, 5) is 34.2. The number of hydrogen-bond donors (Lipinski definition) is 0. The second-order valence-corrected chi connectivity index (χ2v) is 8.12. The van der Waals surface area contributed by atoms with E-state index in [0.29, 0.717) is 19.6 Å². The first-order valence-corrected chi connectivity index (χ1v) is 10.0. The first-order chi connectivity index (χ1) is 12.5. The molecule has 0 radical (unpaired) electrons. The summed E-state index contributed by atoms with van der Waals surface area (Å²) in [6.45, 7) is 5.69. The molecule has 2 aromatic rings. The van der Waals surface area contributed by atoms with Crippen LogP contribution in [0.1, 0.15) is 40.0 Å². The number of aromatic nitrogens is 1. The average molecular weight is 369 g/mol. The van der Waals surface area contributed by atoms with E-state index in [9.17, 15) is 9.59 Å². The summed E-state index contributed by atoms with van der Waals surface area (Å²) in [5.74, 6) is 0.120. The van der Waals surface area contributed by atoms with E-state index < -0.39 is 0 Å². The van der Waals surface area contributed by atoms with E-state index in [1.165, 1.54) is 0 Å². The Morgan fingerprint density at radius 2 is 2.12 bits per heavy atom. The molecule has 1 aromatic carbocycles. The Morgan fingerprint density at radius 3 is 2.85 bits per heavy atom. The van der Waals surface area contributed by atoms with Crippen molar-refractivity contribution in [2.75, 3.05) is 13.1 Å². The number of fused-ring (bicyclic) bond motifs is 4. The summed E-state index contributed by atoms with van der Waals surface area (Å²) in [5, 5.41) is 1.99. The van der Waals surface area contributed by atoms with Crippen molar-refractivity contribution in [1.29, 1.82) is 0 Å². The predicted octanol–water partition coefficient (Wildman–Crippen LogP) is 3.02. The van der Waals surface area contributed by atoms with Crippen LogP contribution < -0.4 is 0 Å². The number of amides is 2. The van der Waals surface area contributed by atoms with Crippen LogP contribution in [0.25, 0.3) is 0 Å². The van der Waals surface area contributed by atoms with Gasteiger partial charge in [0.25, 0.3) is 5.91 Å². The lowest BCUT2D eigenvalue weighted by Crippen LogP contribution is -2.47. The standard InChI is InChI=1S/C20H23N3O2S/c1-13-3-6-18(14(2)7-13)20(25)22-8-15-4-5-17(10-22)23(19(15)24)9-16-11-26-12-21-16/h3,6-7,11-12,15,17H,4-5,8-10H2,1-2H3/t15-,17+/m0/s1. The molecule has 0 unspecified atom stereocenters. The molecule has 1 aromatic heterocycles. The molecule has 4 heterocycles. The van der Waals surface area contributed by atoms with Gasteiger partial charge in [0.15, 0.2) is 0 Å². The van der Waals surface area contributed by atoms with Crippen molar-refractivity contribution in [3.8, 4) is 0 Å². The molecule has 3 aliphatic rings. The minimum absolute atomic E-state index is 0.0442. The van der Waals surface area contributed by atoms with Gasteiger partial charge in [-0.3, -0.25) is 9.59 Å². The number of thiazole rings is 1. The highest BCUT2D eigenvalue weighted by atomic mass is 32.1. The van der Waals surface area contributed by atoms with Crippen LogP contribution in [0.3, 0.4) is 0 Å². The number of nitrogens with zero attached hydrogens (tertiary/aromatic N) is 3. The Hall–Kier alpha value is -2.21. The molecule has 2 atom stereocenters. The largest absolute Gasteiger partial charge is 0.336 e. The van der Waals surface area contributed by atoms with Gasteiger partial charge in [0.1, 0.15) is 0 Å². The second-order valence-electron chi connectivity index (χ2n) is 7.40. The van der Waals surface area contributed by atoms with Crippen LogP contribution >= 0.6 is 11.3 Å². The van der Waals surface area contributed by atoms with Gasteiger partial charge in [-0.25, -0.2) is 4.98 Å². The van der Waals surface area contributed by atoms with E-state index in [1.54, 1.807) is 16.8 Å². The molecule has 136 valence electrons. The minimum atomic E-state index is -0.0953. The average Bonchev–Trinajstić information content (AvgIpc) is 2.97. The molecule has 3 aliphatic heterocycles. The molecule has 0 spiro atoms. The highest BCUT2D eigenvalue weighted by Crippen LogP contribution is 2.31. The van der Waals surface area contributed by atoms with Crippen LogP contribution in [0, 0.1) is 19.8 Å². The number of rotatable bonds is 3. The number of piperidine rings is 1. The lowest BCUT2D eigenvalue weighted by Gasteiger charge is -2.35. The summed E-state index contributed by atoms with van der Waals surface area (Å²) in [6.07, 6.45) is 1.82. The van der Waals surface area contributed by atoms with Crippen molar-refractivity contribution in [2.24, 2.45) is 5.92 Å². The molecule has 5 nitrogen and oxygen atoms in total. The molecule has 6 heteroatoms. The molecule has 0 saturated carbocycles. The van der Waals surface area contributed by atoms with Gasteiger partial charge < -0.3 is 9.80 Å². The van der Waals surface area contributed by atoms with E-state index in [4.69, 9.17) is 0 Å². The van der Waals surface area contributed by atoms with E-state index in [1.807, 2.05) is 47.2 Å². The summed E-state index contributed by atoms with van der Waals surface area (Å²) in [6, 6.07) is 6.01. The van der Waals surface area contributed by atoms with E-state index in [2.05, 4.69) is 4.98 Å². The quantitative estimate of drug-likeness (QED) is 0.836. The zero-order chi connectivity index (χ0) is 18.3. The topological polar surface area (TPSA) is 53.5 Å². The molecule has 0 aliphatic carbocycles. The van der Waals surface area contributed by atoms with E-state index in [-0.39, 0.29) is 23.8 Å². The van der Waals surface area contributed by atoms with Gasteiger partial charge in [-0.05, 0) is 38.3 Å².